The maximum Gasteiger partial charge on any atom is 0.232 e. The van der Waals surface area contributed by atoms with Gasteiger partial charge in [0.05, 0.1) is 25.4 Å². The van der Waals surface area contributed by atoms with Crippen molar-refractivity contribution < 1.29 is 27.1 Å². The van der Waals surface area contributed by atoms with Crippen LogP contribution >= 0.6 is 0 Å². The SMILES string of the molecule is CCC(C)N(C(=O)Cc1c(C)c(F)c(F)c(F)c1F)C(C)=N/C=C(\N=Cc1ccccc1)c1ccc(OC)cc1. The Labute approximate surface area is 231 Å². The molecule has 1 amide bonds. The van der Waals surface area contributed by atoms with Gasteiger partial charge in [-0.15, -0.1) is 0 Å². The first-order valence-corrected chi connectivity index (χ1v) is 12.7. The lowest BCUT2D eigenvalue weighted by atomic mass is 10.0. The molecule has 9 heteroatoms. The number of carbonyl (C=O) groups is 1. The van der Waals surface area contributed by atoms with E-state index >= 15 is 0 Å². The minimum Gasteiger partial charge on any atom is -0.497 e. The zero-order valence-corrected chi connectivity index (χ0v) is 23.0. The molecule has 0 saturated carbocycles. The number of amides is 1. The summed E-state index contributed by atoms with van der Waals surface area (Å²) < 4.78 is 61.4. The van der Waals surface area contributed by atoms with Crippen LogP contribution in [0.3, 0.4) is 0 Å². The van der Waals surface area contributed by atoms with Gasteiger partial charge in [0.15, 0.2) is 23.3 Å². The first kappa shape index (κ1) is 30.3. The molecule has 3 aromatic rings. The van der Waals surface area contributed by atoms with Crippen LogP contribution in [0.4, 0.5) is 17.6 Å². The van der Waals surface area contributed by atoms with Crippen molar-refractivity contribution in [3.8, 4) is 5.75 Å². The summed E-state index contributed by atoms with van der Waals surface area (Å²) in [4.78, 5) is 23.8. The van der Waals surface area contributed by atoms with Crippen LogP contribution in [0.1, 0.15) is 49.4 Å². The van der Waals surface area contributed by atoms with Crippen LogP contribution in [0.2, 0.25) is 0 Å². The molecule has 3 aromatic carbocycles. The van der Waals surface area contributed by atoms with Crippen LogP contribution in [-0.2, 0) is 11.2 Å². The summed E-state index contributed by atoms with van der Waals surface area (Å²) in [6.45, 7) is 6.33. The van der Waals surface area contributed by atoms with Crippen molar-refractivity contribution in [3.05, 3.63) is 106 Å². The standard InChI is InChI=1S/C31H31F4N3O2/c1-6-19(2)38(27(39)16-25-20(3)28(32)30(34)31(35)29(25)33)21(4)36-18-26(23-12-14-24(40-5)15-13-23)37-17-22-10-8-7-9-11-22/h7-15,17-19H,6,16H2,1-5H3/b26-18-,36-21?,37-17?. The summed E-state index contributed by atoms with van der Waals surface area (Å²) in [6.07, 6.45) is 3.03. The summed E-state index contributed by atoms with van der Waals surface area (Å²) in [5, 5.41) is 0. The fraction of sp³-hybridized carbons (Fsp3) is 0.258. The molecule has 0 aliphatic rings. The van der Waals surface area contributed by atoms with Gasteiger partial charge in [0, 0.05) is 23.4 Å². The van der Waals surface area contributed by atoms with Gasteiger partial charge in [-0.25, -0.2) is 22.6 Å². The number of nitrogens with zero attached hydrogens (tertiary/aromatic N) is 3. The molecule has 210 valence electrons. The topological polar surface area (TPSA) is 54.3 Å². The number of carbonyl (C=O) groups excluding carboxylic acids is 1. The van der Waals surface area contributed by atoms with Gasteiger partial charge in [0.25, 0.3) is 0 Å². The highest BCUT2D eigenvalue weighted by molar-refractivity contribution is 5.99. The number of hydrogen-bond acceptors (Lipinski definition) is 4. The summed E-state index contributed by atoms with van der Waals surface area (Å²) in [7, 11) is 1.57. The van der Waals surface area contributed by atoms with E-state index in [1.54, 1.807) is 39.3 Å². The Hall–Kier alpha value is -4.27. The predicted molar refractivity (Wildman–Crippen MR) is 149 cm³/mol. The van der Waals surface area contributed by atoms with E-state index in [4.69, 9.17) is 4.74 Å². The van der Waals surface area contributed by atoms with Crippen LogP contribution in [0.25, 0.3) is 5.70 Å². The Bertz CT molecular complexity index is 1410. The zero-order valence-electron chi connectivity index (χ0n) is 23.0. The Morgan fingerprint density at radius 2 is 1.60 bits per heavy atom. The molecule has 3 rings (SSSR count). The third-order valence-corrected chi connectivity index (χ3v) is 6.51. The van der Waals surface area contributed by atoms with Gasteiger partial charge in [-0.3, -0.25) is 14.7 Å². The van der Waals surface area contributed by atoms with Crippen LogP contribution in [0.15, 0.2) is 70.8 Å². The average Bonchev–Trinajstić information content (AvgIpc) is 2.98. The molecule has 0 N–H and O–H groups in total. The van der Waals surface area contributed by atoms with E-state index in [1.807, 2.05) is 49.4 Å². The summed E-state index contributed by atoms with van der Waals surface area (Å²) in [5.74, 6) is -6.67. The van der Waals surface area contributed by atoms with Gasteiger partial charge in [0.2, 0.25) is 5.91 Å². The van der Waals surface area contributed by atoms with Crippen molar-refractivity contribution in [3.63, 3.8) is 0 Å². The molecule has 1 unspecified atom stereocenters. The number of hydrogen-bond donors (Lipinski definition) is 0. The second-order valence-corrected chi connectivity index (χ2v) is 9.15. The molecule has 0 spiro atoms. The number of rotatable bonds is 9. The molecule has 0 radical (unpaired) electrons. The lowest BCUT2D eigenvalue weighted by Gasteiger charge is -2.28. The highest BCUT2D eigenvalue weighted by atomic mass is 19.2. The van der Waals surface area contributed by atoms with Gasteiger partial charge >= 0.3 is 0 Å². The molecule has 0 aliphatic carbocycles. The maximum absolute atomic E-state index is 14.5. The van der Waals surface area contributed by atoms with Crippen molar-refractivity contribution in [1.29, 1.82) is 0 Å². The maximum atomic E-state index is 14.5. The molecular weight excluding hydrogens is 522 g/mol. The average molecular weight is 554 g/mol. The van der Waals surface area contributed by atoms with E-state index in [-0.39, 0.29) is 11.9 Å². The molecule has 5 nitrogen and oxygen atoms in total. The van der Waals surface area contributed by atoms with Crippen molar-refractivity contribution in [2.45, 2.75) is 46.6 Å². The number of amidine groups is 1. The van der Waals surface area contributed by atoms with E-state index in [9.17, 15) is 22.4 Å². The van der Waals surface area contributed by atoms with Crippen molar-refractivity contribution in [1.82, 2.24) is 4.90 Å². The van der Waals surface area contributed by atoms with Gasteiger partial charge in [0.1, 0.15) is 11.6 Å². The number of halogens is 4. The lowest BCUT2D eigenvalue weighted by Crippen LogP contribution is -2.43. The smallest absolute Gasteiger partial charge is 0.232 e. The fourth-order valence-electron chi connectivity index (χ4n) is 4.01. The Kier molecular flexibility index (Phi) is 10.4. The first-order chi connectivity index (χ1) is 19.1. The normalized spacial score (nSPS) is 13.0. The second-order valence-electron chi connectivity index (χ2n) is 9.15. The highest BCUT2D eigenvalue weighted by Crippen LogP contribution is 2.25. The summed E-state index contributed by atoms with van der Waals surface area (Å²) in [5.41, 5.74) is 1.10. The Morgan fingerprint density at radius 1 is 0.975 bits per heavy atom. The second kappa shape index (κ2) is 13.7. The lowest BCUT2D eigenvalue weighted by molar-refractivity contribution is -0.128. The van der Waals surface area contributed by atoms with E-state index in [1.165, 1.54) is 11.1 Å². The molecule has 0 aromatic heterocycles. The van der Waals surface area contributed by atoms with Crippen LogP contribution in [-0.4, -0.2) is 36.0 Å². The van der Waals surface area contributed by atoms with Crippen LogP contribution < -0.4 is 4.74 Å². The molecule has 40 heavy (non-hydrogen) atoms. The molecule has 1 atom stereocenters. The van der Waals surface area contributed by atoms with Gasteiger partial charge in [-0.05, 0) is 62.6 Å². The van der Waals surface area contributed by atoms with E-state index in [0.717, 1.165) is 18.1 Å². The third-order valence-electron chi connectivity index (χ3n) is 6.51. The third kappa shape index (κ3) is 7.02. The monoisotopic (exact) mass is 553 g/mol. The largest absolute Gasteiger partial charge is 0.497 e. The summed E-state index contributed by atoms with van der Waals surface area (Å²) in [6, 6.07) is 16.3. The minimum absolute atomic E-state index is 0.265. The van der Waals surface area contributed by atoms with Gasteiger partial charge < -0.3 is 4.74 Å². The number of benzene rings is 3. The molecule has 0 heterocycles. The molecule has 0 aliphatic heterocycles. The first-order valence-electron chi connectivity index (χ1n) is 12.7. The van der Waals surface area contributed by atoms with Gasteiger partial charge in [-0.2, -0.15) is 0 Å². The quantitative estimate of drug-likeness (QED) is 0.0921. The van der Waals surface area contributed by atoms with E-state index in [0.29, 0.717) is 17.9 Å². The number of methoxy groups -OCH3 is 1. The fourth-order valence-corrected chi connectivity index (χ4v) is 4.01. The molecule has 0 fully saturated rings. The zero-order chi connectivity index (χ0) is 29.4. The summed E-state index contributed by atoms with van der Waals surface area (Å²) >= 11 is 0. The van der Waals surface area contributed by atoms with E-state index < -0.39 is 46.7 Å². The van der Waals surface area contributed by atoms with Crippen LogP contribution in [0.5, 0.6) is 5.75 Å². The molecule has 0 bridgehead atoms. The van der Waals surface area contributed by atoms with Crippen molar-refractivity contribution in [2.24, 2.45) is 9.98 Å². The minimum atomic E-state index is -1.95. The van der Waals surface area contributed by atoms with Crippen LogP contribution in [0, 0.1) is 30.2 Å². The van der Waals surface area contributed by atoms with Crippen molar-refractivity contribution >= 4 is 23.7 Å². The van der Waals surface area contributed by atoms with Crippen molar-refractivity contribution in [2.75, 3.05) is 7.11 Å². The Balaban J connectivity index is 2.00. The predicted octanol–water partition coefficient (Wildman–Crippen LogP) is 7.27. The van der Waals surface area contributed by atoms with Gasteiger partial charge in [-0.1, -0.05) is 37.3 Å². The van der Waals surface area contributed by atoms with E-state index in [2.05, 4.69) is 9.98 Å². The Morgan fingerprint density at radius 3 is 2.20 bits per heavy atom. The number of aliphatic imine (C=N–C) groups is 2. The molecule has 0 saturated heterocycles. The molecular formula is C31H31F4N3O2. The highest BCUT2D eigenvalue weighted by Gasteiger charge is 2.28. The number of ether oxygens (including phenoxy) is 1.